The summed E-state index contributed by atoms with van der Waals surface area (Å²) in [6.07, 6.45) is -7.64. The van der Waals surface area contributed by atoms with E-state index in [4.69, 9.17) is 11.3 Å². The van der Waals surface area contributed by atoms with Gasteiger partial charge in [0, 0.05) is 74.2 Å². The van der Waals surface area contributed by atoms with Gasteiger partial charge in [-0.15, -0.1) is 0 Å². The molecule has 0 unspecified atom stereocenters. The summed E-state index contributed by atoms with van der Waals surface area (Å²) in [7, 11) is 0. The Morgan fingerprint density at radius 1 is 0.460 bits per heavy atom. The molecule has 0 atom stereocenters. The number of aromatic nitrogens is 3. The Balaban J connectivity index is 1.01. The van der Waals surface area contributed by atoms with E-state index in [-0.39, 0.29) is 62.9 Å². The third kappa shape index (κ3) is 8.66. The maximum atomic E-state index is 16.7. The van der Waals surface area contributed by atoms with E-state index in [2.05, 4.69) is 15.0 Å². The van der Waals surface area contributed by atoms with Crippen LogP contribution in [0.1, 0.15) is 51.2 Å². The average molecular weight is 837 g/mol. The van der Waals surface area contributed by atoms with E-state index < -0.39 is 78.5 Å². The number of halogens is 2. The largest absolute Gasteiger partial charge is 0.452 e. The Kier molecular flexibility index (Phi) is 7.74. The topological polar surface area (TPSA) is 51.8 Å². The quantitative estimate of drug-likeness (QED) is 0.116. The van der Waals surface area contributed by atoms with Gasteiger partial charge in [-0.1, -0.05) is 139 Å². The predicted octanol–water partition coefficient (Wildman–Crippen LogP) is 14.1. The number of nitrogens with zero attached hydrogens (tertiary/aromatic N) is 3. The molecule has 6 aromatic carbocycles. The Morgan fingerprint density at radius 2 is 1.05 bits per heavy atom. The molecule has 0 saturated carbocycles. The Bertz CT molecular complexity index is 3710. The van der Waals surface area contributed by atoms with Crippen molar-refractivity contribution in [1.29, 1.82) is 0 Å². The average Bonchev–Trinajstić information content (AvgIpc) is 3.85. The van der Waals surface area contributed by atoms with Gasteiger partial charge in [-0.2, -0.15) is 0 Å². The number of rotatable bonds is 13. The molecule has 10 aromatic rings. The zero-order valence-electron chi connectivity index (χ0n) is 46.4. The lowest BCUT2D eigenvalue weighted by Crippen LogP contribution is -2.02. The third-order valence-electron chi connectivity index (χ3n) is 10.6. The molecule has 306 valence electrons. The van der Waals surface area contributed by atoms with Crippen LogP contribution >= 0.6 is 0 Å². The van der Waals surface area contributed by atoms with Crippen LogP contribution in [0, 0.1) is 11.6 Å². The van der Waals surface area contributed by atoms with Gasteiger partial charge in [0.1, 0.15) is 11.4 Å². The molecule has 0 spiro atoms. The van der Waals surface area contributed by atoms with Crippen LogP contribution in [0.15, 0.2) is 193 Å². The molecule has 6 heteroatoms. The SMILES string of the molecule is [2H]c1c([2H])c([2H])c(-c2ccc3c(oc4c(-c5cc(F)c(C([2H])([2H])C([2H])([2H])c6cc(C([2H])([2H])Cc7ccc(-c8ccccc8)nc7)cc(C([2H])([2H])Cc7ccc(-c8ccccc8)nc7)c6)cn5)cccc43)c2F)c([2H])c1[2H]. The fourth-order valence-electron chi connectivity index (χ4n) is 7.35. The van der Waals surface area contributed by atoms with Crippen LogP contribution in [0.3, 0.4) is 0 Å². The minimum absolute atomic E-state index is 0.0336. The molecular weight excluding hydrogens is 781 g/mol. The highest BCUT2D eigenvalue weighted by atomic mass is 19.1. The lowest BCUT2D eigenvalue weighted by molar-refractivity contribution is 0.586. The number of aryl methyl sites for hydroxylation is 6. The van der Waals surface area contributed by atoms with Crippen LogP contribution in [0.2, 0.25) is 0 Å². The van der Waals surface area contributed by atoms with Crippen molar-refractivity contribution in [2.75, 3.05) is 0 Å². The van der Waals surface area contributed by atoms with Gasteiger partial charge in [0.15, 0.2) is 11.4 Å². The van der Waals surface area contributed by atoms with Crippen LogP contribution in [0.4, 0.5) is 8.78 Å². The first-order valence-electron chi connectivity index (χ1n) is 26.6. The predicted molar refractivity (Wildman–Crippen MR) is 250 cm³/mol. The molecule has 0 aliphatic carbocycles. The first-order valence-corrected chi connectivity index (χ1v) is 20.1. The summed E-state index contributed by atoms with van der Waals surface area (Å²) in [5.41, 5.74) is 1.49. The Morgan fingerprint density at radius 3 is 1.63 bits per heavy atom. The van der Waals surface area contributed by atoms with Gasteiger partial charge in [-0.25, -0.2) is 8.78 Å². The highest BCUT2D eigenvalue weighted by Crippen LogP contribution is 2.39. The first kappa shape index (κ1) is 27.4. The van der Waals surface area contributed by atoms with Crippen molar-refractivity contribution in [3.05, 3.63) is 233 Å². The van der Waals surface area contributed by atoms with Crippen molar-refractivity contribution in [2.45, 2.75) is 38.3 Å². The van der Waals surface area contributed by atoms with Gasteiger partial charge in [0.25, 0.3) is 0 Å². The highest BCUT2D eigenvalue weighted by molar-refractivity contribution is 6.10. The highest BCUT2D eigenvalue weighted by Gasteiger charge is 2.19. The summed E-state index contributed by atoms with van der Waals surface area (Å²) in [5, 5.41) is 0.603. The summed E-state index contributed by atoms with van der Waals surface area (Å²) in [6, 6.07) is 34.5. The molecule has 0 amide bonds. The summed E-state index contributed by atoms with van der Waals surface area (Å²) in [5.74, 6) is -2.23. The van der Waals surface area contributed by atoms with Gasteiger partial charge >= 0.3 is 0 Å². The minimum atomic E-state index is -3.24. The molecule has 4 aromatic heterocycles. The van der Waals surface area contributed by atoms with Crippen molar-refractivity contribution in [1.82, 2.24) is 15.0 Å². The van der Waals surface area contributed by atoms with E-state index in [0.717, 1.165) is 35.5 Å². The van der Waals surface area contributed by atoms with Crippen LogP contribution < -0.4 is 0 Å². The van der Waals surface area contributed by atoms with Crippen molar-refractivity contribution in [2.24, 2.45) is 0 Å². The van der Waals surface area contributed by atoms with Gasteiger partial charge in [-0.3, -0.25) is 15.0 Å². The normalized spacial score (nSPS) is 15.3. The van der Waals surface area contributed by atoms with Crippen LogP contribution in [0.5, 0.6) is 0 Å². The third-order valence-corrected chi connectivity index (χ3v) is 10.6. The number of hydrogen-bond acceptors (Lipinski definition) is 4. The number of furan rings is 1. The maximum Gasteiger partial charge on any atom is 0.174 e. The smallest absolute Gasteiger partial charge is 0.174 e. The fourth-order valence-corrected chi connectivity index (χ4v) is 7.35. The zero-order chi connectivity index (χ0) is 54.1. The van der Waals surface area contributed by atoms with Crippen LogP contribution in [-0.4, -0.2) is 15.0 Å². The molecule has 63 heavy (non-hydrogen) atoms. The minimum Gasteiger partial charge on any atom is -0.452 e. The van der Waals surface area contributed by atoms with Gasteiger partial charge in [0.05, 0.1) is 23.9 Å². The summed E-state index contributed by atoms with van der Waals surface area (Å²) >= 11 is 0. The van der Waals surface area contributed by atoms with Crippen molar-refractivity contribution in [3.63, 3.8) is 0 Å². The van der Waals surface area contributed by atoms with Crippen LogP contribution in [0.25, 0.3) is 66.8 Å². The van der Waals surface area contributed by atoms with E-state index in [1.807, 2.05) is 60.7 Å². The summed E-state index contributed by atoms with van der Waals surface area (Å²) < 4.78 is 155. The van der Waals surface area contributed by atoms with E-state index in [9.17, 15) is 11.0 Å². The van der Waals surface area contributed by atoms with E-state index >= 15 is 8.78 Å². The monoisotopic (exact) mass is 836 g/mol. The fraction of sp³-hybridized carbons (Fsp3) is 0.105. The Hall–Kier alpha value is -7.57. The lowest BCUT2D eigenvalue weighted by atomic mass is 9.94. The molecule has 0 aliphatic rings. The number of fused-ring (bicyclic) bond motifs is 3. The molecule has 0 bridgehead atoms. The lowest BCUT2D eigenvalue weighted by Gasteiger charge is -2.12. The second-order valence-electron chi connectivity index (χ2n) is 14.7. The van der Waals surface area contributed by atoms with Gasteiger partial charge in [0.2, 0.25) is 0 Å². The maximum absolute atomic E-state index is 16.7. The second kappa shape index (κ2) is 17.8. The first-order chi connectivity index (χ1) is 36.1. The van der Waals surface area contributed by atoms with E-state index in [1.165, 1.54) is 36.7 Å². The molecule has 10 rings (SSSR count). The number of pyridine rings is 3. The van der Waals surface area contributed by atoms with Gasteiger partial charge in [-0.05, 0) is 96.0 Å². The Labute approximate surface area is 383 Å². The summed E-state index contributed by atoms with van der Waals surface area (Å²) in [6.45, 7) is 0. The summed E-state index contributed by atoms with van der Waals surface area (Å²) in [4.78, 5) is 13.4. The number of hydrogen-bond donors (Lipinski definition) is 0. The second-order valence-corrected chi connectivity index (χ2v) is 14.7. The van der Waals surface area contributed by atoms with Crippen LogP contribution in [-0.2, 0) is 38.3 Å². The molecule has 4 nitrogen and oxygen atoms in total. The van der Waals surface area contributed by atoms with Crippen molar-refractivity contribution < 1.29 is 31.0 Å². The molecule has 0 N–H and O–H groups in total. The standard InChI is InChI=1S/C57H43F2N3O/c58-51-34-54(50-18-10-17-48-49-28-27-47(43-11-4-1-5-12-43)55(59)57(49)63-56(48)50)62-37-46(51)26-23-42-32-40(21-19-38-24-29-52(60-35-38)44-13-6-2-7-14-44)31-41(33-42)22-20-39-25-30-53(61-36-39)45-15-8-3-9-16-45/h1-18,24-25,27-37H,19-23,26H2/i1D,4D,5D,11D,12D,21D2,22D2,23D2,26D2. The molecule has 0 saturated heterocycles. The molecule has 0 radical (unpaired) electrons. The molecule has 0 fully saturated rings. The molecule has 0 aliphatic heterocycles. The zero-order valence-corrected chi connectivity index (χ0v) is 33.4. The van der Waals surface area contributed by atoms with Gasteiger partial charge < -0.3 is 4.42 Å². The van der Waals surface area contributed by atoms with E-state index in [1.54, 1.807) is 36.4 Å². The number of benzene rings is 6. The molecular formula is C57H43F2N3O. The van der Waals surface area contributed by atoms with Crippen molar-refractivity contribution in [3.8, 4) is 44.9 Å². The van der Waals surface area contributed by atoms with Crippen molar-refractivity contribution >= 4 is 21.9 Å². The van der Waals surface area contributed by atoms with E-state index in [0.29, 0.717) is 27.9 Å². The number of para-hydroxylation sites is 1. The molecule has 4 heterocycles.